The summed E-state index contributed by atoms with van der Waals surface area (Å²) < 4.78 is 14.5. The minimum absolute atomic E-state index is 0.0424. The van der Waals surface area contributed by atoms with E-state index in [2.05, 4.69) is 16.0 Å². The average molecular weight is 281 g/mol. The number of alkyl halides is 1. The number of nitrogens with zero attached hydrogens (tertiary/aromatic N) is 3. The number of aryl methyl sites for hydroxylation is 1. The Hall–Kier alpha value is -0.990. The van der Waals surface area contributed by atoms with Crippen molar-refractivity contribution in [2.24, 2.45) is 5.92 Å². The fourth-order valence-electron chi connectivity index (χ4n) is 2.56. The summed E-state index contributed by atoms with van der Waals surface area (Å²) in [7, 11) is 0. The second kappa shape index (κ2) is 5.56. The van der Waals surface area contributed by atoms with Gasteiger partial charge in [0.05, 0.1) is 16.0 Å². The Morgan fingerprint density at radius 2 is 2.11 bits per heavy atom. The molecule has 1 atom stereocenters. The summed E-state index contributed by atoms with van der Waals surface area (Å²) in [5.74, 6) is 0.0424. The van der Waals surface area contributed by atoms with Crippen molar-refractivity contribution < 1.29 is 4.39 Å². The van der Waals surface area contributed by atoms with Crippen LogP contribution in [0.4, 0.5) is 4.39 Å². The largest absolute Gasteiger partial charge is 0.283 e. The molecule has 1 unspecified atom stereocenters. The van der Waals surface area contributed by atoms with Crippen molar-refractivity contribution >= 4 is 11.3 Å². The third-order valence-electron chi connectivity index (χ3n) is 4.06. The van der Waals surface area contributed by atoms with Crippen molar-refractivity contribution in [3.05, 3.63) is 16.1 Å². The average Bonchev–Trinajstić information content (AvgIpc) is 2.79. The number of aromatic nitrogens is 1. The first-order valence-electron chi connectivity index (χ1n) is 6.71. The first-order valence-corrected chi connectivity index (χ1v) is 7.53. The van der Waals surface area contributed by atoms with E-state index in [9.17, 15) is 9.65 Å². The number of rotatable bonds is 3. The van der Waals surface area contributed by atoms with E-state index >= 15 is 0 Å². The topological polar surface area (TPSA) is 39.9 Å². The summed E-state index contributed by atoms with van der Waals surface area (Å²) in [6.45, 7) is 7.09. The van der Waals surface area contributed by atoms with Crippen LogP contribution < -0.4 is 0 Å². The van der Waals surface area contributed by atoms with Gasteiger partial charge in [0.2, 0.25) is 0 Å². The van der Waals surface area contributed by atoms with Gasteiger partial charge in [0.15, 0.2) is 0 Å². The zero-order valence-corrected chi connectivity index (χ0v) is 12.5. The van der Waals surface area contributed by atoms with E-state index < -0.39 is 5.67 Å². The summed E-state index contributed by atoms with van der Waals surface area (Å²) in [5, 5.41) is 10.3. The second-order valence-electron chi connectivity index (χ2n) is 5.54. The van der Waals surface area contributed by atoms with Crippen molar-refractivity contribution in [1.82, 2.24) is 9.88 Å². The van der Waals surface area contributed by atoms with Gasteiger partial charge in [0.1, 0.15) is 11.7 Å². The summed E-state index contributed by atoms with van der Waals surface area (Å²) >= 11 is 1.55. The maximum Gasteiger partial charge on any atom is 0.134 e. The van der Waals surface area contributed by atoms with Crippen LogP contribution in [0.2, 0.25) is 0 Å². The molecule has 2 rings (SSSR count). The van der Waals surface area contributed by atoms with E-state index in [0.29, 0.717) is 25.9 Å². The number of thiazole rings is 1. The van der Waals surface area contributed by atoms with Gasteiger partial charge in [-0.15, -0.1) is 11.3 Å². The number of halogens is 1. The van der Waals surface area contributed by atoms with Gasteiger partial charge in [0, 0.05) is 19.3 Å². The van der Waals surface area contributed by atoms with Crippen LogP contribution in [0, 0.1) is 24.2 Å². The molecule has 19 heavy (non-hydrogen) atoms. The third-order valence-corrected chi connectivity index (χ3v) is 5.03. The van der Waals surface area contributed by atoms with E-state index in [0.717, 1.165) is 9.88 Å². The zero-order valence-electron chi connectivity index (χ0n) is 11.7. The second-order valence-corrected chi connectivity index (χ2v) is 6.80. The Morgan fingerprint density at radius 3 is 2.53 bits per heavy atom. The van der Waals surface area contributed by atoms with Crippen LogP contribution in [-0.2, 0) is 0 Å². The van der Waals surface area contributed by atoms with E-state index in [-0.39, 0.29) is 12.0 Å². The molecule has 0 radical (unpaired) electrons. The Morgan fingerprint density at radius 1 is 1.47 bits per heavy atom. The van der Waals surface area contributed by atoms with E-state index in [4.69, 9.17) is 0 Å². The molecular formula is C14H20FN3S. The van der Waals surface area contributed by atoms with Crippen molar-refractivity contribution in [3.63, 3.8) is 0 Å². The van der Waals surface area contributed by atoms with Crippen LogP contribution in [0.1, 0.15) is 42.6 Å². The van der Waals surface area contributed by atoms with Crippen LogP contribution in [0.15, 0.2) is 6.20 Å². The smallest absolute Gasteiger partial charge is 0.134 e. The standard InChI is InChI=1S/C14H20FN3S/c1-10(2)14(15)4-6-18(7-5-14)12(8-16)13-9-17-11(3)19-13/h9-10,12H,4-7H2,1-3H3. The van der Waals surface area contributed by atoms with Gasteiger partial charge in [-0.05, 0) is 25.7 Å². The monoisotopic (exact) mass is 281 g/mol. The van der Waals surface area contributed by atoms with Crippen molar-refractivity contribution in [1.29, 1.82) is 5.26 Å². The summed E-state index contributed by atoms with van der Waals surface area (Å²) in [5.41, 5.74) is -1.07. The lowest BCUT2D eigenvalue weighted by atomic mass is 9.83. The predicted molar refractivity (Wildman–Crippen MR) is 74.7 cm³/mol. The van der Waals surface area contributed by atoms with Crippen molar-refractivity contribution in [3.8, 4) is 6.07 Å². The fourth-order valence-corrected chi connectivity index (χ4v) is 3.43. The lowest BCUT2D eigenvalue weighted by Crippen LogP contribution is -2.45. The summed E-state index contributed by atoms with van der Waals surface area (Å²) in [6, 6.07) is 2.06. The highest BCUT2D eigenvalue weighted by Gasteiger charge is 2.39. The molecule has 0 spiro atoms. The normalized spacial score (nSPS) is 21.3. The van der Waals surface area contributed by atoms with Gasteiger partial charge < -0.3 is 0 Å². The lowest BCUT2D eigenvalue weighted by Gasteiger charge is -2.40. The molecule has 0 saturated carbocycles. The number of hydrogen-bond acceptors (Lipinski definition) is 4. The molecule has 0 aromatic carbocycles. The zero-order chi connectivity index (χ0) is 14.0. The molecule has 5 heteroatoms. The molecule has 3 nitrogen and oxygen atoms in total. The third kappa shape index (κ3) is 2.96. The van der Waals surface area contributed by atoms with E-state index in [1.54, 1.807) is 17.5 Å². The number of piperidine rings is 1. The molecule has 0 aliphatic carbocycles. The molecule has 0 N–H and O–H groups in total. The van der Waals surface area contributed by atoms with Crippen LogP contribution in [0.25, 0.3) is 0 Å². The fraction of sp³-hybridized carbons (Fsp3) is 0.714. The summed E-state index contributed by atoms with van der Waals surface area (Å²) in [4.78, 5) is 7.25. The highest BCUT2D eigenvalue weighted by Crippen LogP contribution is 2.37. The van der Waals surface area contributed by atoms with Gasteiger partial charge in [0.25, 0.3) is 0 Å². The minimum atomic E-state index is -1.07. The molecule has 104 valence electrons. The first-order chi connectivity index (χ1) is 8.96. The van der Waals surface area contributed by atoms with Gasteiger partial charge in [-0.1, -0.05) is 13.8 Å². The van der Waals surface area contributed by atoms with Crippen molar-refractivity contribution in [2.75, 3.05) is 13.1 Å². The SMILES string of the molecule is Cc1ncc(C(C#N)N2CCC(F)(C(C)C)CC2)s1. The molecule has 2 heterocycles. The quantitative estimate of drug-likeness (QED) is 0.851. The van der Waals surface area contributed by atoms with Gasteiger partial charge in [-0.3, -0.25) is 4.90 Å². The maximum atomic E-state index is 14.5. The van der Waals surface area contributed by atoms with E-state index in [1.807, 2.05) is 20.8 Å². The molecule has 1 fully saturated rings. The molecule has 1 aliphatic rings. The molecule has 0 bridgehead atoms. The maximum absolute atomic E-state index is 14.5. The Bertz CT molecular complexity index is 469. The summed E-state index contributed by atoms with van der Waals surface area (Å²) in [6.07, 6.45) is 2.80. The predicted octanol–water partition coefficient (Wildman–Crippen LogP) is 3.48. The first kappa shape index (κ1) is 14.4. The molecule has 1 aliphatic heterocycles. The molecule has 1 saturated heterocycles. The molecule has 1 aromatic heterocycles. The number of nitriles is 1. The molecule has 1 aromatic rings. The highest BCUT2D eigenvalue weighted by atomic mass is 32.1. The van der Waals surface area contributed by atoms with Crippen LogP contribution >= 0.6 is 11.3 Å². The van der Waals surface area contributed by atoms with Gasteiger partial charge in [-0.2, -0.15) is 5.26 Å². The number of hydrogen-bond donors (Lipinski definition) is 0. The number of likely N-dealkylation sites (tertiary alicyclic amines) is 1. The Kier molecular flexibility index (Phi) is 4.22. The molecular weight excluding hydrogens is 261 g/mol. The Labute approximate surface area is 118 Å². The van der Waals surface area contributed by atoms with Crippen LogP contribution in [-0.4, -0.2) is 28.6 Å². The van der Waals surface area contributed by atoms with Crippen molar-refractivity contribution in [2.45, 2.75) is 45.3 Å². The van der Waals surface area contributed by atoms with E-state index in [1.165, 1.54) is 0 Å². The highest BCUT2D eigenvalue weighted by molar-refractivity contribution is 7.11. The Balaban J connectivity index is 2.06. The minimum Gasteiger partial charge on any atom is -0.283 e. The lowest BCUT2D eigenvalue weighted by molar-refractivity contribution is 0.0125. The van der Waals surface area contributed by atoms with Crippen LogP contribution in [0.5, 0.6) is 0 Å². The van der Waals surface area contributed by atoms with Gasteiger partial charge in [-0.25, -0.2) is 9.37 Å². The van der Waals surface area contributed by atoms with Crippen LogP contribution in [0.3, 0.4) is 0 Å². The molecule has 0 amide bonds. The van der Waals surface area contributed by atoms with Gasteiger partial charge >= 0.3 is 0 Å².